The highest BCUT2D eigenvalue weighted by Gasteiger charge is 2.18. The van der Waals surface area contributed by atoms with Gasteiger partial charge in [0, 0.05) is 37.0 Å². The summed E-state index contributed by atoms with van der Waals surface area (Å²) in [4.78, 5) is 10.3. The smallest absolute Gasteiger partial charge is 0.235 e. The number of benzene rings is 6. The van der Waals surface area contributed by atoms with E-state index in [-0.39, 0.29) is 0 Å². The summed E-state index contributed by atoms with van der Waals surface area (Å²) in [7, 11) is 0. The van der Waals surface area contributed by atoms with Crippen molar-refractivity contribution < 1.29 is 4.42 Å². The first-order valence-corrected chi connectivity index (χ1v) is 15.0. The molecule has 5 heteroatoms. The number of rotatable bonds is 3. The average molecular weight is 617 g/mol. The Morgan fingerprint density at radius 3 is 2.12 bits per heavy atom. The lowest BCUT2D eigenvalue weighted by atomic mass is 10.0. The SMILES string of the molecule is Brc1cccc2oc3ccc(-c4ccc5c(c4)c4ccccc4n5-c4nc(-c5ccccc5)c5ccccc5n4)cc3c12. The fourth-order valence-corrected chi connectivity index (χ4v) is 6.87. The van der Waals surface area contributed by atoms with E-state index in [4.69, 9.17) is 14.4 Å². The molecule has 0 unspecified atom stereocenters. The molecule has 3 aromatic heterocycles. The Kier molecular flexibility index (Phi) is 5.31. The summed E-state index contributed by atoms with van der Waals surface area (Å²) in [6.45, 7) is 0. The molecule has 0 saturated carbocycles. The van der Waals surface area contributed by atoms with E-state index in [1.807, 2.05) is 30.3 Å². The summed E-state index contributed by atoms with van der Waals surface area (Å²) >= 11 is 3.72. The van der Waals surface area contributed by atoms with Gasteiger partial charge in [0.25, 0.3) is 0 Å². The lowest BCUT2D eigenvalue weighted by molar-refractivity contribution is 0.669. The predicted molar refractivity (Wildman–Crippen MR) is 180 cm³/mol. The second kappa shape index (κ2) is 9.38. The minimum absolute atomic E-state index is 0.660. The molecule has 0 saturated heterocycles. The maximum absolute atomic E-state index is 6.13. The van der Waals surface area contributed by atoms with Crippen LogP contribution in [0.15, 0.2) is 142 Å². The van der Waals surface area contributed by atoms with Crippen LogP contribution >= 0.6 is 15.9 Å². The summed E-state index contributed by atoms with van der Waals surface area (Å²) in [6.07, 6.45) is 0. The van der Waals surface area contributed by atoms with Gasteiger partial charge in [-0.15, -0.1) is 0 Å². The van der Waals surface area contributed by atoms with Crippen molar-refractivity contribution in [3.8, 4) is 28.3 Å². The largest absolute Gasteiger partial charge is 0.456 e. The van der Waals surface area contributed by atoms with Crippen LogP contribution in [0.1, 0.15) is 0 Å². The fourth-order valence-electron chi connectivity index (χ4n) is 6.31. The van der Waals surface area contributed by atoms with E-state index in [0.717, 1.165) is 81.5 Å². The number of para-hydroxylation sites is 2. The van der Waals surface area contributed by atoms with Crippen molar-refractivity contribution in [3.63, 3.8) is 0 Å². The Balaban J connectivity index is 1.28. The third-order valence-corrected chi connectivity index (χ3v) is 8.95. The number of nitrogens with zero attached hydrogens (tertiary/aromatic N) is 3. The normalized spacial score (nSPS) is 11.8. The first kappa shape index (κ1) is 24.3. The predicted octanol–water partition coefficient (Wildman–Crippen LogP) is 10.7. The maximum atomic E-state index is 6.13. The quantitative estimate of drug-likeness (QED) is 0.198. The minimum atomic E-state index is 0.660. The third-order valence-electron chi connectivity index (χ3n) is 8.29. The number of aromatic nitrogens is 3. The molecule has 0 spiro atoms. The number of hydrogen-bond acceptors (Lipinski definition) is 3. The molecule has 0 atom stereocenters. The van der Waals surface area contributed by atoms with E-state index in [0.29, 0.717) is 5.95 Å². The zero-order chi connectivity index (χ0) is 28.5. The highest BCUT2D eigenvalue weighted by Crippen LogP contribution is 2.39. The van der Waals surface area contributed by atoms with Gasteiger partial charge in [0.1, 0.15) is 11.2 Å². The zero-order valence-electron chi connectivity index (χ0n) is 22.8. The molecule has 0 aliphatic rings. The van der Waals surface area contributed by atoms with Crippen molar-refractivity contribution in [3.05, 3.63) is 138 Å². The van der Waals surface area contributed by atoms with E-state index in [1.165, 1.54) is 0 Å². The van der Waals surface area contributed by atoms with Crippen molar-refractivity contribution in [1.29, 1.82) is 0 Å². The van der Waals surface area contributed by atoms with Gasteiger partial charge in [0.15, 0.2) is 0 Å². The Morgan fingerprint density at radius 1 is 0.512 bits per heavy atom. The van der Waals surface area contributed by atoms with Crippen molar-refractivity contribution in [1.82, 2.24) is 14.5 Å². The van der Waals surface area contributed by atoms with Gasteiger partial charge < -0.3 is 4.42 Å². The molecule has 0 aliphatic heterocycles. The second-order valence-electron chi connectivity index (χ2n) is 10.8. The molecule has 0 aliphatic carbocycles. The van der Waals surface area contributed by atoms with Crippen LogP contribution in [0.2, 0.25) is 0 Å². The summed E-state index contributed by atoms with van der Waals surface area (Å²) in [5.41, 5.74) is 9.09. The van der Waals surface area contributed by atoms with E-state index in [1.54, 1.807) is 0 Å². The van der Waals surface area contributed by atoms with Crippen LogP contribution in [0.4, 0.5) is 0 Å². The molecule has 0 N–H and O–H groups in total. The molecule has 9 aromatic rings. The molecule has 0 amide bonds. The maximum Gasteiger partial charge on any atom is 0.235 e. The van der Waals surface area contributed by atoms with Crippen LogP contribution in [0.5, 0.6) is 0 Å². The van der Waals surface area contributed by atoms with E-state index in [9.17, 15) is 0 Å². The number of furan rings is 1. The fraction of sp³-hybridized carbons (Fsp3) is 0. The van der Waals surface area contributed by atoms with Crippen LogP contribution in [-0.4, -0.2) is 14.5 Å². The minimum Gasteiger partial charge on any atom is -0.456 e. The van der Waals surface area contributed by atoms with Gasteiger partial charge in [-0.25, -0.2) is 9.97 Å². The molecule has 0 radical (unpaired) electrons. The summed E-state index contributed by atoms with van der Waals surface area (Å²) in [6, 6.07) is 46.3. The van der Waals surface area contributed by atoms with Gasteiger partial charge in [0.05, 0.1) is 22.2 Å². The number of fused-ring (bicyclic) bond motifs is 7. The molecular formula is C38H22BrN3O. The monoisotopic (exact) mass is 615 g/mol. The zero-order valence-corrected chi connectivity index (χ0v) is 24.4. The number of hydrogen-bond donors (Lipinski definition) is 0. The van der Waals surface area contributed by atoms with Gasteiger partial charge >= 0.3 is 0 Å². The summed E-state index contributed by atoms with van der Waals surface area (Å²) < 4.78 is 9.35. The van der Waals surface area contributed by atoms with Crippen LogP contribution < -0.4 is 0 Å². The Labute approximate surface area is 255 Å². The Bertz CT molecular complexity index is 2530. The summed E-state index contributed by atoms with van der Waals surface area (Å²) in [5.74, 6) is 0.660. The van der Waals surface area contributed by atoms with Crippen molar-refractivity contribution in [2.75, 3.05) is 0 Å². The molecule has 9 rings (SSSR count). The van der Waals surface area contributed by atoms with Gasteiger partial charge in [-0.05, 0) is 59.7 Å². The van der Waals surface area contributed by atoms with Crippen molar-refractivity contribution >= 4 is 70.6 Å². The van der Waals surface area contributed by atoms with Crippen LogP contribution in [-0.2, 0) is 0 Å². The lowest BCUT2D eigenvalue weighted by Gasteiger charge is -2.12. The van der Waals surface area contributed by atoms with Crippen LogP contribution in [0, 0.1) is 0 Å². The molecule has 0 fully saturated rings. The second-order valence-corrected chi connectivity index (χ2v) is 11.6. The molecule has 202 valence electrons. The number of halogens is 1. The van der Waals surface area contributed by atoms with Crippen LogP contribution in [0.3, 0.4) is 0 Å². The van der Waals surface area contributed by atoms with Gasteiger partial charge in [-0.1, -0.05) is 101 Å². The topological polar surface area (TPSA) is 43.9 Å². The third kappa shape index (κ3) is 3.75. The molecule has 4 nitrogen and oxygen atoms in total. The van der Waals surface area contributed by atoms with E-state index >= 15 is 0 Å². The highest BCUT2D eigenvalue weighted by molar-refractivity contribution is 9.10. The van der Waals surface area contributed by atoms with Gasteiger partial charge in [0.2, 0.25) is 5.95 Å². The lowest BCUT2D eigenvalue weighted by Crippen LogP contribution is -2.03. The first-order valence-electron chi connectivity index (χ1n) is 14.2. The van der Waals surface area contributed by atoms with Gasteiger partial charge in [-0.3, -0.25) is 4.57 Å². The van der Waals surface area contributed by atoms with E-state index in [2.05, 4.69) is 124 Å². The molecule has 6 aromatic carbocycles. The van der Waals surface area contributed by atoms with Gasteiger partial charge in [-0.2, -0.15) is 0 Å². The molecular weight excluding hydrogens is 594 g/mol. The molecule has 43 heavy (non-hydrogen) atoms. The molecule has 0 bridgehead atoms. The van der Waals surface area contributed by atoms with Crippen molar-refractivity contribution in [2.24, 2.45) is 0 Å². The van der Waals surface area contributed by atoms with Crippen molar-refractivity contribution in [2.45, 2.75) is 0 Å². The first-order chi connectivity index (χ1) is 21.2. The molecule has 3 heterocycles. The van der Waals surface area contributed by atoms with E-state index < -0.39 is 0 Å². The van der Waals surface area contributed by atoms with Crippen LogP contribution in [0.25, 0.3) is 83.0 Å². The standard InChI is InChI=1S/C38H22BrN3O/c39-30-13-8-16-35-36(30)29-22-25(18-20-34(29)43-35)24-17-19-33-28(21-24)26-11-5-7-15-32(26)42(33)38-40-31-14-6-4-12-27(31)37(41-38)23-9-2-1-3-10-23/h1-22H. The average Bonchev–Trinajstić information content (AvgIpc) is 3.60. The Morgan fingerprint density at radius 2 is 1.23 bits per heavy atom. The summed E-state index contributed by atoms with van der Waals surface area (Å²) in [5, 5.41) is 5.55. The Hall–Kier alpha value is -5.26. The highest BCUT2D eigenvalue weighted by atomic mass is 79.9.